The van der Waals surface area contributed by atoms with Gasteiger partial charge in [-0.2, -0.15) is 0 Å². The Morgan fingerprint density at radius 3 is 0.800 bits per heavy atom. The Labute approximate surface area is 496 Å². The van der Waals surface area contributed by atoms with Crippen molar-refractivity contribution in [2.75, 3.05) is 0 Å². The van der Waals surface area contributed by atoms with Gasteiger partial charge in [-0.05, 0) is 141 Å². The highest BCUT2D eigenvalue weighted by Crippen LogP contribution is 2.55. The van der Waals surface area contributed by atoms with Crippen molar-refractivity contribution in [3.05, 3.63) is 81.5 Å². The first kappa shape index (κ1) is 61.1. The van der Waals surface area contributed by atoms with E-state index in [4.69, 9.17) is 0 Å². The van der Waals surface area contributed by atoms with Crippen molar-refractivity contribution in [3.8, 4) is 0 Å². The Morgan fingerprint density at radius 1 is 0.225 bits per heavy atom. The van der Waals surface area contributed by atoms with Crippen LogP contribution in [0.1, 0.15) is 305 Å². The first-order valence-corrected chi connectivity index (χ1v) is 36.5. The summed E-state index contributed by atoms with van der Waals surface area (Å²) >= 11 is 4.28. The van der Waals surface area contributed by atoms with Crippen LogP contribution in [0.25, 0.3) is 84.8 Å². The summed E-state index contributed by atoms with van der Waals surface area (Å²) in [5, 5.41) is 21.3. The number of aryl methyl sites for hydroxylation is 4. The molecule has 0 unspecified atom stereocenters. The Morgan fingerprint density at radius 2 is 0.500 bits per heavy atom. The Balaban J connectivity index is 1.05. The van der Waals surface area contributed by atoms with Gasteiger partial charge in [-0.3, -0.25) is 0 Å². The summed E-state index contributed by atoms with van der Waals surface area (Å²) in [6.45, 7) is 9.31. The molecule has 0 saturated heterocycles. The van der Waals surface area contributed by atoms with Gasteiger partial charge in [0, 0.05) is 40.7 Å². The SMILES string of the molecule is CCCCCCCCCCCCc1ccc2c(c1)c1c3sc(CCCCCCCCCCCC)cc3cc3c4c5ccc(CCCCCCCCCCCC)cc5c5c6sc(CCCCCCCCCCCC)cc6cc(c2c31)c45. The summed E-state index contributed by atoms with van der Waals surface area (Å²) in [5.41, 5.74) is 3.08. The van der Waals surface area contributed by atoms with Crippen LogP contribution in [-0.2, 0) is 25.7 Å². The van der Waals surface area contributed by atoms with Gasteiger partial charge in [0.05, 0.1) is 0 Å². The highest BCUT2D eigenvalue weighted by atomic mass is 32.1. The minimum absolute atomic E-state index is 1.19. The molecule has 7 aromatic carbocycles. The van der Waals surface area contributed by atoms with E-state index in [1.165, 1.54) is 348 Å². The van der Waals surface area contributed by atoms with Crippen molar-refractivity contribution in [1.29, 1.82) is 0 Å². The van der Waals surface area contributed by atoms with Crippen LogP contribution in [-0.4, -0.2) is 0 Å². The van der Waals surface area contributed by atoms with Crippen LogP contribution >= 0.6 is 22.7 Å². The molecule has 9 rings (SSSR count). The van der Waals surface area contributed by atoms with Gasteiger partial charge in [0.1, 0.15) is 0 Å². The molecule has 0 saturated carbocycles. The largest absolute Gasteiger partial charge is 0.140 e. The van der Waals surface area contributed by atoms with Crippen molar-refractivity contribution in [2.45, 2.75) is 310 Å². The highest BCUT2D eigenvalue weighted by Gasteiger charge is 2.27. The smallest absolute Gasteiger partial charge is 0.0430 e. The average molecular weight is 1110 g/mol. The molecule has 0 aliphatic rings. The Hall–Kier alpha value is -3.46. The van der Waals surface area contributed by atoms with E-state index in [1.807, 2.05) is 0 Å². The van der Waals surface area contributed by atoms with Crippen LogP contribution in [0.5, 0.6) is 0 Å². The van der Waals surface area contributed by atoms with E-state index in [2.05, 4.69) is 111 Å². The summed E-state index contributed by atoms with van der Waals surface area (Å²) in [6, 6.07) is 26.3. The molecule has 0 bridgehead atoms. The minimum Gasteiger partial charge on any atom is -0.140 e. The van der Waals surface area contributed by atoms with E-state index >= 15 is 0 Å². The number of rotatable bonds is 44. The topological polar surface area (TPSA) is 0 Å². The van der Waals surface area contributed by atoms with Gasteiger partial charge in [-0.15, -0.1) is 22.7 Å². The summed E-state index contributed by atoms with van der Waals surface area (Å²) < 4.78 is 3.09. The van der Waals surface area contributed by atoms with Crippen molar-refractivity contribution < 1.29 is 0 Å². The van der Waals surface area contributed by atoms with E-state index in [0.717, 1.165) is 0 Å². The zero-order valence-corrected chi connectivity index (χ0v) is 53.3. The van der Waals surface area contributed by atoms with Gasteiger partial charge >= 0.3 is 0 Å². The lowest BCUT2D eigenvalue weighted by Crippen LogP contribution is -1.87. The fourth-order valence-corrected chi connectivity index (χ4v) is 17.0. The van der Waals surface area contributed by atoms with Gasteiger partial charge in [0.2, 0.25) is 0 Å². The second-order valence-corrected chi connectivity index (χ2v) is 28.1. The molecule has 0 nitrogen and oxygen atoms in total. The third-order valence-corrected chi connectivity index (χ3v) is 21.6. The lowest BCUT2D eigenvalue weighted by Gasteiger charge is -2.09. The third-order valence-electron chi connectivity index (χ3n) is 19.2. The molecule has 2 heterocycles. The predicted octanol–water partition coefficient (Wildman–Crippen LogP) is 27.8. The second-order valence-electron chi connectivity index (χ2n) is 25.8. The molecule has 0 amide bonds. The van der Waals surface area contributed by atoms with Crippen LogP contribution in [0.15, 0.2) is 60.7 Å². The van der Waals surface area contributed by atoms with Crippen LogP contribution in [0.3, 0.4) is 0 Å². The molecule has 0 aliphatic carbocycles. The van der Waals surface area contributed by atoms with E-state index in [9.17, 15) is 0 Å². The van der Waals surface area contributed by atoms with Gasteiger partial charge in [0.15, 0.2) is 0 Å². The van der Waals surface area contributed by atoms with Crippen LogP contribution in [0.2, 0.25) is 0 Å². The fourth-order valence-electron chi connectivity index (χ4n) is 14.5. The zero-order valence-electron chi connectivity index (χ0n) is 51.7. The van der Waals surface area contributed by atoms with E-state index in [1.54, 1.807) is 40.7 Å². The zero-order chi connectivity index (χ0) is 55.1. The number of thiophene rings is 2. The third kappa shape index (κ3) is 16.0. The maximum atomic E-state index is 2.69. The molecule has 0 N–H and O–H groups in total. The van der Waals surface area contributed by atoms with Gasteiger partial charge in [-0.25, -0.2) is 0 Å². The van der Waals surface area contributed by atoms with Crippen molar-refractivity contribution in [3.63, 3.8) is 0 Å². The maximum Gasteiger partial charge on any atom is 0.0430 e. The molecule has 9 aromatic rings. The Kier molecular flexibility index (Phi) is 25.3. The normalized spacial score (nSPS) is 12.4. The number of benzene rings is 5. The van der Waals surface area contributed by atoms with E-state index < -0.39 is 0 Å². The Bertz CT molecular complexity index is 2980. The maximum absolute atomic E-state index is 2.69. The number of hydrogen-bond acceptors (Lipinski definition) is 2. The molecule has 0 atom stereocenters. The monoisotopic (exact) mass is 1110 g/mol. The lowest BCUT2D eigenvalue weighted by atomic mass is 9.93. The average Bonchev–Trinajstić information content (AvgIpc) is 4.44. The van der Waals surface area contributed by atoms with Crippen LogP contribution < -0.4 is 0 Å². The molecule has 80 heavy (non-hydrogen) atoms. The van der Waals surface area contributed by atoms with Gasteiger partial charge in [-0.1, -0.05) is 295 Å². The molecule has 0 radical (unpaired) electrons. The van der Waals surface area contributed by atoms with Crippen molar-refractivity contribution in [1.82, 2.24) is 0 Å². The molecule has 0 aliphatic heterocycles. The number of fused-ring (bicyclic) bond motifs is 12. The van der Waals surface area contributed by atoms with E-state index in [0.29, 0.717) is 0 Å². The molecular formula is C78H110S2. The van der Waals surface area contributed by atoms with E-state index in [-0.39, 0.29) is 0 Å². The fraction of sp³-hybridized carbons (Fsp3) is 0.615. The lowest BCUT2D eigenvalue weighted by molar-refractivity contribution is 0.556. The standard InChI is InChI=1S/C78H110S2/c1-5-9-13-17-21-25-29-33-37-41-45-59-49-51-65-67(53-59)75-73-70(57-61-55-63(79-77(61)75)47-43-39-35-31-27-23-19-15-11-7-3)72-66-52-50-60(46-42-38-34-30-26-22-18-14-10-6-2)54-68(66)76-74(72)69(71(65)73)58-62-56-64(80-78(62)76)48-44-40-36-32-28-24-20-16-12-8-4/h49-58H,5-48H2,1-4H3. The first-order chi connectivity index (χ1) is 39.6. The summed E-state index contributed by atoms with van der Waals surface area (Å²) in [6.07, 6.45) is 60.5. The number of hydrogen-bond donors (Lipinski definition) is 0. The molecular weight excluding hydrogens is 1000 g/mol. The molecule has 434 valence electrons. The molecule has 0 spiro atoms. The van der Waals surface area contributed by atoms with Crippen molar-refractivity contribution >= 4 is 107 Å². The molecule has 2 aromatic heterocycles. The quantitative estimate of drug-likeness (QED) is 0.0264. The molecule has 0 fully saturated rings. The highest BCUT2D eigenvalue weighted by molar-refractivity contribution is 7.20. The first-order valence-electron chi connectivity index (χ1n) is 34.8. The minimum atomic E-state index is 1.19. The number of unbranched alkanes of at least 4 members (excludes halogenated alkanes) is 36. The van der Waals surface area contributed by atoms with Crippen LogP contribution in [0, 0.1) is 0 Å². The summed E-state index contributed by atoms with van der Waals surface area (Å²) in [4.78, 5) is 3.19. The summed E-state index contributed by atoms with van der Waals surface area (Å²) in [7, 11) is 0. The second kappa shape index (κ2) is 33.1. The molecule has 2 heteroatoms. The van der Waals surface area contributed by atoms with Crippen LogP contribution in [0.4, 0.5) is 0 Å². The summed E-state index contributed by atoms with van der Waals surface area (Å²) in [5.74, 6) is 0. The van der Waals surface area contributed by atoms with Gasteiger partial charge < -0.3 is 0 Å². The van der Waals surface area contributed by atoms with Crippen molar-refractivity contribution in [2.24, 2.45) is 0 Å². The van der Waals surface area contributed by atoms with Gasteiger partial charge in [0.25, 0.3) is 0 Å². The predicted molar refractivity (Wildman–Crippen MR) is 367 cm³/mol.